The lowest BCUT2D eigenvalue weighted by atomic mass is 10.0. The zero-order valence-electron chi connectivity index (χ0n) is 14.0. The molecular weight excluding hydrogens is 338 g/mol. The first-order valence-electron chi connectivity index (χ1n) is 8.79. The van der Waals surface area contributed by atoms with E-state index < -0.39 is 0 Å². The van der Waals surface area contributed by atoms with E-state index in [-0.39, 0.29) is 11.8 Å². The summed E-state index contributed by atoms with van der Waals surface area (Å²) in [5.41, 5.74) is 1.47. The Balaban J connectivity index is 1.38. The number of anilines is 1. The highest BCUT2D eigenvalue weighted by Gasteiger charge is 2.27. The Morgan fingerprint density at radius 3 is 2.96 bits per heavy atom. The monoisotopic (exact) mass is 359 g/mol. The third kappa shape index (κ3) is 3.61. The molecule has 25 heavy (non-hydrogen) atoms. The number of amides is 2. The van der Waals surface area contributed by atoms with Gasteiger partial charge in [0.15, 0.2) is 5.13 Å². The van der Waals surface area contributed by atoms with Crippen molar-refractivity contribution in [3.63, 3.8) is 0 Å². The number of furan rings is 1. The smallest absolute Gasteiger partial charge is 0.260 e. The molecule has 1 fully saturated rings. The van der Waals surface area contributed by atoms with E-state index in [9.17, 15) is 9.59 Å². The summed E-state index contributed by atoms with van der Waals surface area (Å²) in [6.45, 7) is 1.33. The average molecular weight is 359 g/mol. The third-order valence-electron chi connectivity index (χ3n) is 5.03. The van der Waals surface area contributed by atoms with Crippen LogP contribution < -0.4 is 5.32 Å². The van der Waals surface area contributed by atoms with Crippen LogP contribution in [-0.4, -0.2) is 28.2 Å². The highest BCUT2D eigenvalue weighted by Crippen LogP contribution is 2.31. The predicted octanol–water partition coefficient (Wildman–Crippen LogP) is 3.45. The van der Waals surface area contributed by atoms with E-state index in [4.69, 9.17) is 4.42 Å². The lowest BCUT2D eigenvalue weighted by Gasteiger charge is -2.27. The molecule has 0 bridgehead atoms. The van der Waals surface area contributed by atoms with E-state index in [1.165, 1.54) is 49.5 Å². The van der Waals surface area contributed by atoms with Crippen molar-refractivity contribution >= 4 is 28.3 Å². The Morgan fingerprint density at radius 1 is 1.36 bits per heavy atom. The molecule has 0 saturated heterocycles. The van der Waals surface area contributed by atoms with Crippen LogP contribution in [-0.2, 0) is 17.8 Å². The molecule has 2 amide bonds. The molecule has 7 heteroatoms. The molecule has 1 N–H and O–H groups in total. The largest absolute Gasteiger partial charge is 0.472 e. The van der Waals surface area contributed by atoms with E-state index >= 15 is 0 Å². The molecule has 1 aliphatic carbocycles. The Morgan fingerprint density at radius 2 is 2.20 bits per heavy atom. The molecule has 1 aliphatic heterocycles. The van der Waals surface area contributed by atoms with Crippen molar-refractivity contribution in [2.45, 2.75) is 45.1 Å². The van der Waals surface area contributed by atoms with Crippen molar-refractivity contribution < 1.29 is 14.0 Å². The Hall–Kier alpha value is -2.15. The van der Waals surface area contributed by atoms with Crippen molar-refractivity contribution in [2.75, 3.05) is 11.9 Å². The zero-order chi connectivity index (χ0) is 17.2. The van der Waals surface area contributed by atoms with Crippen LogP contribution >= 0.6 is 11.3 Å². The van der Waals surface area contributed by atoms with E-state index in [1.807, 2.05) is 4.90 Å². The second-order valence-corrected chi connectivity index (χ2v) is 7.86. The summed E-state index contributed by atoms with van der Waals surface area (Å²) in [5.74, 6) is 0.601. The molecule has 6 nitrogen and oxygen atoms in total. The van der Waals surface area contributed by atoms with Gasteiger partial charge in [0.05, 0.1) is 24.1 Å². The Labute approximate surface area is 150 Å². The topological polar surface area (TPSA) is 75.4 Å². The number of rotatable bonds is 4. The summed E-state index contributed by atoms with van der Waals surface area (Å²) in [5, 5.41) is 3.39. The molecular formula is C18H21N3O3S. The molecule has 0 aromatic carbocycles. The maximum atomic E-state index is 12.5. The number of nitrogens with one attached hydrogen (secondary N) is 1. The first kappa shape index (κ1) is 16.3. The zero-order valence-corrected chi connectivity index (χ0v) is 14.8. The van der Waals surface area contributed by atoms with Gasteiger partial charge in [-0.2, -0.15) is 0 Å². The molecule has 132 valence electrons. The summed E-state index contributed by atoms with van der Waals surface area (Å²) in [7, 11) is 0. The minimum Gasteiger partial charge on any atom is -0.472 e. The minimum atomic E-state index is -0.228. The summed E-state index contributed by atoms with van der Waals surface area (Å²) >= 11 is 1.46. The van der Waals surface area contributed by atoms with Crippen LogP contribution in [0.15, 0.2) is 23.0 Å². The van der Waals surface area contributed by atoms with Gasteiger partial charge in [0.1, 0.15) is 6.26 Å². The molecule has 2 aromatic heterocycles. The summed E-state index contributed by atoms with van der Waals surface area (Å²) in [6, 6.07) is 1.62. The van der Waals surface area contributed by atoms with Gasteiger partial charge in [0.25, 0.3) is 5.91 Å². The normalized spacial score (nSPS) is 17.5. The number of thiazole rings is 1. The van der Waals surface area contributed by atoms with E-state index in [1.54, 1.807) is 6.07 Å². The molecule has 0 unspecified atom stereocenters. The molecule has 3 heterocycles. The molecule has 0 radical (unpaired) electrons. The SMILES string of the molecule is O=C(Nc1nc2c(s1)CN(C(=O)CC1CCCC1)CC2)c1ccoc1. The van der Waals surface area contributed by atoms with E-state index in [2.05, 4.69) is 10.3 Å². The van der Waals surface area contributed by atoms with Crippen molar-refractivity contribution in [2.24, 2.45) is 5.92 Å². The minimum absolute atomic E-state index is 0.228. The number of hydrogen-bond donors (Lipinski definition) is 1. The second-order valence-electron chi connectivity index (χ2n) is 6.77. The summed E-state index contributed by atoms with van der Waals surface area (Å²) in [4.78, 5) is 32.2. The number of hydrogen-bond acceptors (Lipinski definition) is 5. The van der Waals surface area contributed by atoms with Crippen LogP contribution in [0.1, 0.15) is 53.0 Å². The lowest BCUT2D eigenvalue weighted by Crippen LogP contribution is -2.36. The Bertz CT molecular complexity index is 763. The molecule has 4 rings (SSSR count). The predicted molar refractivity (Wildman–Crippen MR) is 94.5 cm³/mol. The van der Waals surface area contributed by atoms with Gasteiger partial charge in [0, 0.05) is 24.3 Å². The molecule has 0 atom stereocenters. The lowest BCUT2D eigenvalue weighted by molar-refractivity contribution is -0.133. The van der Waals surface area contributed by atoms with Crippen LogP contribution in [0.5, 0.6) is 0 Å². The number of carbonyl (C=O) groups excluding carboxylic acids is 2. The molecule has 0 spiro atoms. The van der Waals surface area contributed by atoms with Gasteiger partial charge in [-0.1, -0.05) is 24.2 Å². The van der Waals surface area contributed by atoms with Crippen LogP contribution in [0.25, 0.3) is 0 Å². The quantitative estimate of drug-likeness (QED) is 0.907. The van der Waals surface area contributed by atoms with Crippen molar-refractivity contribution in [1.82, 2.24) is 9.88 Å². The highest BCUT2D eigenvalue weighted by molar-refractivity contribution is 7.15. The molecule has 2 aromatic rings. The standard InChI is InChI=1S/C18H21N3O3S/c22-16(9-12-3-1-2-4-12)21-7-5-14-15(10-21)25-18(19-14)20-17(23)13-6-8-24-11-13/h6,8,11-12H,1-5,7,9-10H2,(H,19,20,23). The number of nitrogens with zero attached hydrogens (tertiary/aromatic N) is 2. The van der Waals surface area contributed by atoms with E-state index in [0.29, 0.717) is 29.6 Å². The van der Waals surface area contributed by atoms with E-state index in [0.717, 1.165) is 23.5 Å². The fraction of sp³-hybridized carbons (Fsp3) is 0.500. The van der Waals surface area contributed by atoms with Crippen LogP contribution in [0.4, 0.5) is 5.13 Å². The number of carbonyl (C=O) groups is 2. The number of aromatic nitrogens is 1. The maximum absolute atomic E-state index is 12.5. The van der Waals surface area contributed by atoms with Crippen LogP contribution in [0, 0.1) is 5.92 Å². The third-order valence-corrected chi connectivity index (χ3v) is 6.02. The summed E-state index contributed by atoms with van der Waals surface area (Å²) in [6.07, 6.45) is 9.21. The van der Waals surface area contributed by atoms with Crippen molar-refractivity contribution in [3.05, 3.63) is 34.7 Å². The van der Waals surface area contributed by atoms with Gasteiger partial charge in [-0.25, -0.2) is 4.98 Å². The van der Waals surface area contributed by atoms with Gasteiger partial charge in [-0.15, -0.1) is 0 Å². The van der Waals surface area contributed by atoms with Crippen molar-refractivity contribution in [3.8, 4) is 0 Å². The van der Waals surface area contributed by atoms with Gasteiger partial charge in [-0.3, -0.25) is 14.9 Å². The first-order valence-corrected chi connectivity index (χ1v) is 9.60. The molecule has 1 saturated carbocycles. The van der Waals surface area contributed by atoms with Crippen LogP contribution in [0.2, 0.25) is 0 Å². The first-order chi connectivity index (χ1) is 12.2. The maximum Gasteiger partial charge on any atom is 0.260 e. The summed E-state index contributed by atoms with van der Waals surface area (Å²) < 4.78 is 4.93. The average Bonchev–Trinajstić information content (AvgIpc) is 3.35. The highest BCUT2D eigenvalue weighted by atomic mass is 32.1. The Kier molecular flexibility index (Phi) is 4.57. The van der Waals surface area contributed by atoms with Gasteiger partial charge >= 0.3 is 0 Å². The fourth-order valence-electron chi connectivity index (χ4n) is 3.62. The fourth-order valence-corrected chi connectivity index (χ4v) is 4.63. The van der Waals surface area contributed by atoms with Gasteiger partial charge in [-0.05, 0) is 24.8 Å². The number of fused-ring (bicyclic) bond motifs is 1. The van der Waals surface area contributed by atoms with Gasteiger partial charge in [0.2, 0.25) is 5.91 Å². The second kappa shape index (κ2) is 7.00. The van der Waals surface area contributed by atoms with Gasteiger partial charge < -0.3 is 9.32 Å². The van der Waals surface area contributed by atoms with Crippen molar-refractivity contribution in [1.29, 1.82) is 0 Å². The molecule has 2 aliphatic rings. The van der Waals surface area contributed by atoms with Crippen LogP contribution in [0.3, 0.4) is 0 Å².